The van der Waals surface area contributed by atoms with Crippen LogP contribution in [0.25, 0.3) is 22.4 Å². The standard InChI is InChI=1S/C26H31FN6O2/c1-17-4-5-18(2)33(17)22-7-6-19(16-29-22)26-30-24-23(27)20(15-28)14-21(34-3)25(24)32(26)9-8-31-10-12-35-13-11-31/h6-7,14,16-18H,4-5,8-13H2,1-3H3/t17-,18-/m0/s1. The average Bonchev–Trinajstić information content (AvgIpc) is 3.44. The molecule has 0 bridgehead atoms. The second-order valence-electron chi connectivity index (χ2n) is 9.38. The summed E-state index contributed by atoms with van der Waals surface area (Å²) in [4.78, 5) is 14.1. The minimum atomic E-state index is -0.626. The minimum absolute atomic E-state index is 0.0794. The molecule has 0 spiro atoms. The van der Waals surface area contributed by atoms with E-state index in [9.17, 15) is 5.26 Å². The van der Waals surface area contributed by atoms with Crippen molar-refractivity contribution < 1.29 is 13.9 Å². The molecular formula is C26H31FN6O2. The van der Waals surface area contributed by atoms with Crippen molar-refractivity contribution in [3.8, 4) is 23.2 Å². The molecule has 2 aliphatic heterocycles. The van der Waals surface area contributed by atoms with Gasteiger partial charge in [0, 0.05) is 56.1 Å². The van der Waals surface area contributed by atoms with Crippen LogP contribution in [0, 0.1) is 17.1 Å². The van der Waals surface area contributed by atoms with Gasteiger partial charge in [-0.05, 0) is 38.8 Å². The van der Waals surface area contributed by atoms with Gasteiger partial charge in [0.1, 0.15) is 34.5 Å². The molecule has 8 nitrogen and oxygen atoms in total. The van der Waals surface area contributed by atoms with Crippen LogP contribution in [0.4, 0.5) is 10.2 Å². The number of imidazole rings is 1. The summed E-state index contributed by atoms with van der Waals surface area (Å²) < 4.78 is 28.3. The number of aromatic nitrogens is 3. The molecule has 0 unspecified atom stereocenters. The second-order valence-corrected chi connectivity index (χ2v) is 9.38. The van der Waals surface area contributed by atoms with E-state index in [1.807, 2.05) is 29.0 Å². The summed E-state index contributed by atoms with van der Waals surface area (Å²) in [7, 11) is 1.53. The zero-order chi connectivity index (χ0) is 24.5. The third-order valence-electron chi connectivity index (χ3n) is 7.23. The van der Waals surface area contributed by atoms with Crippen LogP contribution in [0.2, 0.25) is 0 Å². The number of pyridine rings is 1. The average molecular weight is 479 g/mol. The number of halogens is 1. The van der Waals surface area contributed by atoms with Crippen LogP contribution in [0.1, 0.15) is 32.3 Å². The molecule has 2 fully saturated rings. The van der Waals surface area contributed by atoms with E-state index in [2.05, 4.69) is 28.6 Å². The lowest BCUT2D eigenvalue weighted by Crippen LogP contribution is -2.38. The molecule has 0 amide bonds. The van der Waals surface area contributed by atoms with E-state index in [-0.39, 0.29) is 11.1 Å². The van der Waals surface area contributed by atoms with Crippen molar-refractivity contribution in [3.05, 3.63) is 35.8 Å². The van der Waals surface area contributed by atoms with Crippen LogP contribution in [0.15, 0.2) is 24.4 Å². The van der Waals surface area contributed by atoms with Gasteiger partial charge in [0.2, 0.25) is 0 Å². The Morgan fingerprint density at radius 3 is 2.54 bits per heavy atom. The molecule has 1 aromatic carbocycles. The number of hydrogen-bond acceptors (Lipinski definition) is 7. The van der Waals surface area contributed by atoms with Crippen LogP contribution in [-0.2, 0) is 11.3 Å². The fraction of sp³-hybridized carbons (Fsp3) is 0.500. The van der Waals surface area contributed by atoms with E-state index < -0.39 is 5.82 Å². The summed E-state index contributed by atoms with van der Waals surface area (Å²) in [6.45, 7) is 8.94. The smallest absolute Gasteiger partial charge is 0.169 e. The van der Waals surface area contributed by atoms with Crippen molar-refractivity contribution >= 4 is 16.9 Å². The van der Waals surface area contributed by atoms with Crippen LogP contribution in [0.3, 0.4) is 0 Å². The Kier molecular flexibility index (Phi) is 6.58. The van der Waals surface area contributed by atoms with Crippen molar-refractivity contribution in [1.82, 2.24) is 19.4 Å². The van der Waals surface area contributed by atoms with Gasteiger partial charge in [-0.15, -0.1) is 0 Å². The van der Waals surface area contributed by atoms with Gasteiger partial charge in [0.05, 0.1) is 25.9 Å². The van der Waals surface area contributed by atoms with Crippen LogP contribution < -0.4 is 9.64 Å². The maximum Gasteiger partial charge on any atom is 0.169 e. The van der Waals surface area contributed by atoms with Crippen molar-refractivity contribution in [2.45, 2.75) is 45.3 Å². The zero-order valence-corrected chi connectivity index (χ0v) is 20.5. The SMILES string of the molecule is COc1cc(C#N)c(F)c2nc(-c3ccc(N4[C@@H](C)CC[C@@H]4C)nc3)n(CCN3CCOCC3)c12. The van der Waals surface area contributed by atoms with E-state index in [1.165, 1.54) is 13.2 Å². The van der Waals surface area contributed by atoms with Crippen LogP contribution in [0.5, 0.6) is 5.75 Å². The van der Waals surface area contributed by atoms with E-state index >= 15 is 4.39 Å². The fourth-order valence-corrected chi connectivity index (χ4v) is 5.30. The Bertz CT molecular complexity index is 1240. The summed E-state index contributed by atoms with van der Waals surface area (Å²) in [5, 5.41) is 9.43. The first kappa shape index (κ1) is 23.5. The van der Waals surface area contributed by atoms with E-state index in [0.29, 0.717) is 48.9 Å². The molecule has 0 aliphatic carbocycles. The van der Waals surface area contributed by atoms with Crippen molar-refractivity contribution in [2.75, 3.05) is 44.9 Å². The van der Waals surface area contributed by atoms with Crippen molar-refractivity contribution in [1.29, 1.82) is 5.26 Å². The third-order valence-corrected chi connectivity index (χ3v) is 7.23. The number of hydrogen-bond donors (Lipinski definition) is 0. The van der Waals surface area contributed by atoms with E-state index in [4.69, 9.17) is 14.5 Å². The lowest BCUT2D eigenvalue weighted by Gasteiger charge is -2.27. The van der Waals surface area contributed by atoms with Crippen molar-refractivity contribution in [3.63, 3.8) is 0 Å². The molecule has 4 heterocycles. The highest BCUT2D eigenvalue weighted by atomic mass is 19.1. The molecule has 0 saturated carbocycles. The molecule has 2 atom stereocenters. The fourth-order valence-electron chi connectivity index (χ4n) is 5.30. The lowest BCUT2D eigenvalue weighted by molar-refractivity contribution is 0.0365. The summed E-state index contributed by atoms with van der Waals surface area (Å²) in [5.74, 6) is 1.36. The highest BCUT2D eigenvalue weighted by Crippen LogP contribution is 2.35. The Labute approximate surface area is 204 Å². The largest absolute Gasteiger partial charge is 0.494 e. The first-order valence-electron chi connectivity index (χ1n) is 12.2. The van der Waals surface area contributed by atoms with Crippen LogP contribution in [-0.4, -0.2) is 71.5 Å². The van der Waals surface area contributed by atoms with E-state index in [1.54, 1.807) is 0 Å². The molecule has 2 aliphatic rings. The number of rotatable bonds is 6. The Hall–Kier alpha value is -3.22. The van der Waals surface area contributed by atoms with Gasteiger partial charge in [0.15, 0.2) is 5.82 Å². The molecule has 2 aromatic heterocycles. The highest BCUT2D eigenvalue weighted by Gasteiger charge is 2.29. The molecule has 3 aromatic rings. The summed E-state index contributed by atoms with van der Waals surface area (Å²) in [6.07, 6.45) is 4.12. The van der Waals surface area contributed by atoms with E-state index in [0.717, 1.165) is 43.9 Å². The number of benzene rings is 1. The van der Waals surface area contributed by atoms with Gasteiger partial charge in [-0.2, -0.15) is 5.26 Å². The summed E-state index contributed by atoms with van der Waals surface area (Å²) in [5.41, 5.74) is 1.41. The number of morpholine rings is 1. The zero-order valence-electron chi connectivity index (χ0n) is 20.5. The quantitative estimate of drug-likeness (QED) is 0.533. The molecule has 0 radical (unpaired) electrons. The number of fused-ring (bicyclic) bond motifs is 1. The number of methoxy groups -OCH3 is 1. The molecule has 9 heteroatoms. The van der Waals surface area contributed by atoms with Gasteiger partial charge in [-0.25, -0.2) is 14.4 Å². The molecule has 184 valence electrons. The van der Waals surface area contributed by atoms with Gasteiger partial charge in [-0.1, -0.05) is 0 Å². The highest BCUT2D eigenvalue weighted by molar-refractivity contribution is 5.88. The molecule has 0 N–H and O–H groups in total. The second kappa shape index (κ2) is 9.80. The Morgan fingerprint density at radius 2 is 1.91 bits per heavy atom. The van der Waals surface area contributed by atoms with Crippen LogP contribution >= 0.6 is 0 Å². The predicted molar refractivity (Wildman–Crippen MR) is 132 cm³/mol. The summed E-state index contributed by atoms with van der Waals surface area (Å²) >= 11 is 0. The molecular weight excluding hydrogens is 447 g/mol. The van der Waals surface area contributed by atoms with Gasteiger partial charge in [0.25, 0.3) is 0 Å². The lowest BCUT2D eigenvalue weighted by atomic mass is 10.2. The molecule has 5 rings (SSSR count). The monoisotopic (exact) mass is 478 g/mol. The number of nitrogens with zero attached hydrogens (tertiary/aromatic N) is 6. The van der Waals surface area contributed by atoms with Gasteiger partial charge >= 0.3 is 0 Å². The normalized spacial score (nSPS) is 20.9. The number of anilines is 1. The number of ether oxygens (including phenoxy) is 2. The summed E-state index contributed by atoms with van der Waals surface area (Å²) in [6, 6.07) is 8.29. The number of nitriles is 1. The predicted octanol–water partition coefficient (Wildman–Crippen LogP) is 3.83. The van der Waals surface area contributed by atoms with Gasteiger partial charge < -0.3 is 18.9 Å². The topological polar surface area (TPSA) is 79.4 Å². The minimum Gasteiger partial charge on any atom is -0.494 e. The first-order chi connectivity index (χ1) is 17.0. The maximum atomic E-state index is 15.2. The van der Waals surface area contributed by atoms with Crippen molar-refractivity contribution in [2.24, 2.45) is 0 Å². The Morgan fingerprint density at radius 1 is 1.17 bits per heavy atom. The molecule has 2 saturated heterocycles. The third kappa shape index (κ3) is 4.32. The first-order valence-corrected chi connectivity index (χ1v) is 12.2. The Balaban J connectivity index is 1.58. The maximum absolute atomic E-state index is 15.2. The van der Waals surface area contributed by atoms with Gasteiger partial charge in [-0.3, -0.25) is 4.90 Å². The molecule has 35 heavy (non-hydrogen) atoms.